The molecule has 2 aliphatic heterocycles. The van der Waals surface area contributed by atoms with E-state index in [9.17, 15) is 9.59 Å². The maximum absolute atomic E-state index is 12.9. The monoisotopic (exact) mass is 319 g/mol. The summed E-state index contributed by atoms with van der Waals surface area (Å²) in [6.07, 6.45) is 4.20. The second-order valence-corrected chi connectivity index (χ2v) is 6.93. The highest BCUT2D eigenvalue weighted by Gasteiger charge is 2.49. The van der Waals surface area contributed by atoms with E-state index < -0.39 is 0 Å². The van der Waals surface area contributed by atoms with Crippen molar-refractivity contribution in [3.05, 3.63) is 18.0 Å². The number of piperidine rings is 1. The van der Waals surface area contributed by atoms with Crippen LogP contribution in [0.1, 0.15) is 29.8 Å². The maximum atomic E-state index is 12.9. The molecule has 3 heterocycles. The molecule has 126 valence electrons. The van der Waals surface area contributed by atoms with Crippen LogP contribution in [0, 0.1) is 5.41 Å². The molecule has 0 bridgehead atoms. The quantitative estimate of drug-likeness (QED) is 0.873. The number of nitrogens with one attached hydrogen (secondary N) is 1. The standard InChI is InChI=1S/C16H25N5O2/c1-19(2)10-11-20-9-6-16(15(20)23)5-3-8-21(12-16)14(22)13-4-7-17-18-13/h4,7H,3,5-6,8-12H2,1-2H3,(H,17,18). The zero-order valence-electron chi connectivity index (χ0n) is 13.9. The summed E-state index contributed by atoms with van der Waals surface area (Å²) in [4.78, 5) is 31.3. The van der Waals surface area contributed by atoms with Gasteiger partial charge >= 0.3 is 0 Å². The smallest absolute Gasteiger partial charge is 0.271 e. The third kappa shape index (κ3) is 3.10. The van der Waals surface area contributed by atoms with Crippen LogP contribution in [0.25, 0.3) is 0 Å². The summed E-state index contributed by atoms with van der Waals surface area (Å²) in [6.45, 7) is 3.69. The van der Waals surface area contributed by atoms with Gasteiger partial charge in [-0.3, -0.25) is 14.7 Å². The molecule has 1 atom stereocenters. The molecule has 7 nitrogen and oxygen atoms in total. The number of rotatable bonds is 4. The number of likely N-dealkylation sites (N-methyl/N-ethyl adjacent to an activating group) is 1. The Hall–Kier alpha value is -1.89. The molecule has 1 spiro atoms. The fourth-order valence-electron chi connectivity index (χ4n) is 3.66. The van der Waals surface area contributed by atoms with Crippen molar-refractivity contribution in [1.82, 2.24) is 24.9 Å². The number of aromatic nitrogens is 2. The van der Waals surface area contributed by atoms with Gasteiger partial charge in [-0.1, -0.05) is 0 Å². The highest BCUT2D eigenvalue weighted by Crippen LogP contribution is 2.40. The first-order chi connectivity index (χ1) is 11.0. The Balaban J connectivity index is 1.68. The topological polar surface area (TPSA) is 72.5 Å². The number of hydrogen-bond donors (Lipinski definition) is 1. The fraction of sp³-hybridized carbons (Fsp3) is 0.688. The molecule has 3 rings (SSSR count). The first-order valence-corrected chi connectivity index (χ1v) is 8.25. The van der Waals surface area contributed by atoms with Crippen LogP contribution in [0.2, 0.25) is 0 Å². The number of likely N-dealkylation sites (tertiary alicyclic amines) is 2. The van der Waals surface area contributed by atoms with Crippen molar-refractivity contribution in [3.8, 4) is 0 Å². The number of amides is 2. The Labute approximate surface area is 136 Å². The number of hydrogen-bond acceptors (Lipinski definition) is 4. The minimum atomic E-state index is -0.375. The number of carbonyl (C=O) groups excluding carboxylic acids is 2. The number of nitrogens with zero attached hydrogens (tertiary/aromatic N) is 4. The Morgan fingerprint density at radius 2 is 2.22 bits per heavy atom. The van der Waals surface area contributed by atoms with Gasteiger partial charge in [-0.15, -0.1) is 0 Å². The molecule has 2 amide bonds. The average molecular weight is 319 g/mol. The molecule has 2 fully saturated rings. The summed E-state index contributed by atoms with van der Waals surface area (Å²) in [5, 5.41) is 6.57. The summed E-state index contributed by atoms with van der Waals surface area (Å²) in [7, 11) is 4.03. The zero-order chi connectivity index (χ0) is 16.4. The van der Waals surface area contributed by atoms with Crippen LogP contribution in [0.4, 0.5) is 0 Å². The van der Waals surface area contributed by atoms with E-state index >= 15 is 0 Å². The summed E-state index contributed by atoms with van der Waals surface area (Å²) >= 11 is 0. The SMILES string of the molecule is CN(C)CCN1CCC2(CCCN(C(=O)c3ccn[nH]3)C2)C1=O. The van der Waals surface area contributed by atoms with Gasteiger partial charge in [0.25, 0.3) is 5.91 Å². The predicted octanol–water partition coefficient (Wildman–Crippen LogP) is 0.426. The molecule has 1 aromatic rings. The van der Waals surface area contributed by atoms with E-state index in [1.807, 2.05) is 23.9 Å². The molecule has 0 radical (unpaired) electrons. The van der Waals surface area contributed by atoms with Crippen molar-refractivity contribution >= 4 is 11.8 Å². The molecule has 2 aliphatic rings. The molecule has 0 aromatic carbocycles. The molecule has 1 aromatic heterocycles. The van der Waals surface area contributed by atoms with Crippen LogP contribution < -0.4 is 0 Å². The molecule has 2 saturated heterocycles. The summed E-state index contributed by atoms with van der Waals surface area (Å²) in [5.41, 5.74) is 0.122. The van der Waals surface area contributed by atoms with Gasteiger partial charge in [0.05, 0.1) is 5.41 Å². The van der Waals surface area contributed by atoms with E-state index in [0.29, 0.717) is 18.8 Å². The van der Waals surface area contributed by atoms with Crippen LogP contribution >= 0.6 is 0 Å². The Kier molecular flexibility index (Phi) is 4.39. The lowest BCUT2D eigenvalue weighted by molar-refractivity contribution is -0.138. The average Bonchev–Trinajstić information content (AvgIpc) is 3.16. The van der Waals surface area contributed by atoms with Crippen molar-refractivity contribution in [3.63, 3.8) is 0 Å². The molecule has 1 unspecified atom stereocenters. The normalized spacial score (nSPS) is 24.9. The highest BCUT2D eigenvalue weighted by atomic mass is 16.2. The van der Waals surface area contributed by atoms with Crippen LogP contribution in [-0.4, -0.2) is 83.5 Å². The van der Waals surface area contributed by atoms with Crippen molar-refractivity contribution in [2.75, 3.05) is 46.8 Å². The van der Waals surface area contributed by atoms with Crippen molar-refractivity contribution in [2.24, 2.45) is 5.41 Å². The third-order valence-corrected chi connectivity index (χ3v) is 5.01. The summed E-state index contributed by atoms with van der Waals surface area (Å²) in [5.74, 6) is 0.169. The zero-order valence-corrected chi connectivity index (χ0v) is 13.9. The van der Waals surface area contributed by atoms with E-state index in [4.69, 9.17) is 0 Å². The van der Waals surface area contributed by atoms with Crippen molar-refractivity contribution in [2.45, 2.75) is 19.3 Å². The molecule has 23 heavy (non-hydrogen) atoms. The van der Waals surface area contributed by atoms with Gasteiger partial charge in [-0.05, 0) is 39.4 Å². The van der Waals surface area contributed by atoms with Gasteiger partial charge in [0, 0.05) is 38.9 Å². The second-order valence-electron chi connectivity index (χ2n) is 6.93. The van der Waals surface area contributed by atoms with Gasteiger partial charge in [0.15, 0.2) is 0 Å². The Bertz CT molecular complexity index is 571. The lowest BCUT2D eigenvalue weighted by Gasteiger charge is -2.38. The Morgan fingerprint density at radius 3 is 2.91 bits per heavy atom. The first kappa shape index (κ1) is 16.0. The second kappa shape index (κ2) is 6.31. The summed E-state index contributed by atoms with van der Waals surface area (Å²) in [6, 6.07) is 1.68. The maximum Gasteiger partial charge on any atom is 0.271 e. The predicted molar refractivity (Wildman–Crippen MR) is 85.9 cm³/mol. The first-order valence-electron chi connectivity index (χ1n) is 8.25. The lowest BCUT2D eigenvalue weighted by atomic mass is 9.78. The highest BCUT2D eigenvalue weighted by molar-refractivity contribution is 5.93. The van der Waals surface area contributed by atoms with E-state index in [-0.39, 0.29) is 17.2 Å². The number of carbonyl (C=O) groups is 2. The molecule has 1 N–H and O–H groups in total. The molecular formula is C16H25N5O2. The van der Waals surface area contributed by atoms with E-state index in [0.717, 1.165) is 38.9 Å². The molecule has 7 heteroatoms. The van der Waals surface area contributed by atoms with Gasteiger partial charge in [0.2, 0.25) is 5.91 Å². The van der Waals surface area contributed by atoms with Gasteiger partial charge in [-0.2, -0.15) is 5.10 Å². The van der Waals surface area contributed by atoms with Crippen molar-refractivity contribution in [1.29, 1.82) is 0 Å². The van der Waals surface area contributed by atoms with Crippen LogP contribution in [-0.2, 0) is 4.79 Å². The largest absolute Gasteiger partial charge is 0.341 e. The van der Waals surface area contributed by atoms with Crippen molar-refractivity contribution < 1.29 is 9.59 Å². The molecular weight excluding hydrogens is 294 g/mol. The van der Waals surface area contributed by atoms with Crippen LogP contribution in [0.5, 0.6) is 0 Å². The van der Waals surface area contributed by atoms with E-state index in [1.54, 1.807) is 12.3 Å². The van der Waals surface area contributed by atoms with Crippen LogP contribution in [0.3, 0.4) is 0 Å². The third-order valence-electron chi connectivity index (χ3n) is 5.01. The van der Waals surface area contributed by atoms with E-state index in [1.165, 1.54) is 0 Å². The Morgan fingerprint density at radius 1 is 1.39 bits per heavy atom. The minimum Gasteiger partial charge on any atom is -0.341 e. The molecule has 0 aliphatic carbocycles. The van der Waals surface area contributed by atoms with Gasteiger partial charge in [-0.25, -0.2) is 0 Å². The summed E-state index contributed by atoms with van der Waals surface area (Å²) < 4.78 is 0. The fourth-order valence-corrected chi connectivity index (χ4v) is 3.66. The molecule has 0 saturated carbocycles. The van der Waals surface area contributed by atoms with Gasteiger partial charge < -0.3 is 14.7 Å². The van der Waals surface area contributed by atoms with Gasteiger partial charge in [0.1, 0.15) is 5.69 Å². The minimum absolute atomic E-state index is 0.0545. The van der Waals surface area contributed by atoms with Crippen LogP contribution in [0.15, 0.2) is 12.3 Å². The number of aromatic amines is 1. The lowest BCUT2D eigenvalue weighted by Crippen LogP contribution is -2.50. The number of H-pyrrole nitrogens is 1. The van der Waals surface area contributed by atoms with E-state index in [2.05, 4.69) is 15.1 Å².